The molecule has 1 fully saturated rings. The van der Waals surface area contributed by atoms with E-state index in [4.69, 9.17) is 27.9 Å². The van der Waals surface area contributed by atoms with Crippen molar-refractivity contribution in [2.45, 2.75) is 50.6 Å². The van der Waals surface area contributed by atoms with E-state index >= 15 is 4.39 Å². The Bertz CT molecular complexity index is 1540. The number of aromatic nitrogens is 1. The smallest absolute Gasteiger partial charge is 0.337 e. The van der Waals surface area contributed by atoms with Gasteiger partial charge in [-0.3, -0.25) is 9.59 Å². The molecule has 11 heteroatoms. The number of carbonyl (C=O) groups is 3. The highest BCUT2D eigenvalue weighted by atomic mass is 35.5. The van der Waals surface area contributed by atoms with E-state index in [2.05, 4.69) is 20.9 Å². The molecule has 2 amide bonds. The number of hydrogen-bond donors (Lipinski definition) is 3. The van der Waals surface area contributed by atoms with Crippen molar-refractivity contribution < 1.29 is 23.5 Å². The summed E-state index contributed by atoms with van der Waals surface area (Å²) in [5.74, 6) is -3.10. The Morgan fingerprint density at radius 1 is 1.15 bits per heavy atom. The van der Waals surface area contributed by atoms with Gasteiger partial charge in [0, 0.05) is 35.1 Å². The molecule has 3 N–H and O–H groups in total. The standard InChI is InChI=1S/C30H29Cl2FN4O4/c1-29(2,3)13-21-30(18-14-34-22(32)12-20(18)36-28(30)40)23(17-6-5-7-19(31)24(17)33)25(37-21)26(38)35-16-10-8-15(9-11-16)27(39)41-4/h5-12,14,21,23,25,37H,13H2,1-4H3,(H,35,38)(H,36,40)/t21-,23-,25+,30+/m0/s1. The van der Waals surface area contributed by atoms with Crippen LogP contribution in [-0.4, -0.2) is 42.0 Å². The Hall–Kier alpha value is -3.53. The van der Waals surface area contributed by atoms with Gasteiger partial charge in [-0.25, -0.2) is 14.2 Å². The summed E-state index contributed by atoms with van der Waals surface area (Å²) in [5, 5.41) is 9.25. The third kappa shape index (κ3) is 5.07. The van der Waals surface area contributed by atoms with E-state index in [0.29, 0.717) is 28.9 Å². The summed E-state index contributed by atoms with van der Waals surface area (Å²) in [7, 11) is 1.28. The van der Waals surface area contributed by atoms with Gasteiger partial charge >= 0.3 is 5.97 Å². The molecule has 0 radical (unpaired) electrons. The zero-order valence-corrected chi connectivity index (χ0v) is 24.4. The Morgan fingerprint density at radius 2 is 1.85 bits per heavy atom. The molecule has 4 atom stereocenters. The van der Waals surface area contributed by atoms with Crippen LogP contribution in [-0.2, 0) is 19.7 Å². The lowest BCUT2D eigenvalue weighted by molar-refractivity contribution is -0.122. The summed E-state index contributed by atoms with van der Waals surface area (Å²) in [5.41, 5.74) is 0.146. The highest BCUT2D eigenvalue weighted by molar-refractivity contribution is 6.31. The number of carbonyl (C=O) groups excluding carboxylic acids is 3. The number of halogens is 3. The minimum atomic E-state index is -1.41. The molecule has 0 aliphatic carbocycles. The third-order valence-electron chi connectivity index (χ3n) is 7.68. The van der Waals surface area contributed by atoms with E-state index in [-0.39, 0.29) is 27.1 Å². The number of amides is 2. The van der Waals surface area contributed by atoms with Crippen LogP contribution in [0.15, 0.2) is 54.7 Å². The molecule has 0 bridgehead atoms. The van der Waals surface area contributed by atoms with Gasteiger partial charge in [0.15, 0.2) is 0 Å². The number of fused-ring (bicyclic) bond motifs is 2. The number of anilines is 2. The molecule has 2 aliphatic heterocycles. The summed E-state index contributed by atoms with van der Waals surface area (Å²) in [4.78, 5) is 44.3. The summed E-state index contributed by atoms with van der Waals surface area (Å²) in [6.45, 7) is 6.09. The maximum Gasteiger partial charge on any atom is 0.337 e. The van der Waals surface area contributed by atoms with E-state index in [1.165, 1.54) is 31.5 Å². The van der Waals surface area contributed by atoms with Crippen molar-refractivity contribution in [3.05, 3.63) is 87.4 Å². The Kier molecular flexibility index (Phi) is 7.57. The predicted molar refractivity (Wildman–Crippen MR) is 155 cm³/mol. The van der Waals surface area contributed by atoms with E-state index < -0.39 is 41.1 Å². The molecule has 0 unspecified atom stereocenters. The van der Waals surface area contributed by atoms with Crippen LogP contribution in [0.1, 0.15) is 54.6 Å². The van der Waals surface area contributed by atoms with Gasteiger partial charge in [0.2, 0.25) is 11.8 Å². The van der Waals surface area contributed by atoms with Crippen molar-refractivity contribution in [3.8, 4) is 0 Å². The highest BCUT2D eigenvalue weighted by Crippen LogP contribution is 2.57. The number of benzene rings is 2. The molecule has 214 valence electrons. The first-order chi connectivity index (χ1) is 19.4. The number of ether oxygens (including phenoxy) is 1. The van der Waals surface area contributed by atoms with Crippen LogP contribution in [0.5, 0.6) is 0 Å². The minimum Gasteiger partial charge on any atom is -0.465 e. The van der Waals surface area contributed by atoms with Gasteiger partial charge in [0.05, 0.1) is 23.7 Å². The van der Waals surface area contributed by atoms with Crippen LogP contribution < -0.4 is 16.0 Å². The van der Waals surface area contributed by atoms with E-state index in [1.807, 2.05) is 20.8 Å². The first kappa shape index (κ1) is 29.0. The van der Waals surface area contributed by atoms with E-state index in [0.717, 1.165) is 0 Å². The molecule has 0 saturated carbocycles. The van der Waals surface area contributed by atoms with E-state index in [1.54, 1.807) is 30.3 Å². The number of esters is 1. The Labute approximate surface area is 247 Å². The quantitative estimate of drug-likeness (QED) is 0.256. The van der Waals surface area contributed by atoms with Crippen LogP contribution in [0.3, 0.4) is 0 Å². The largest absolute Gasteiger partial charge is 0.465 e. The van der Waals surface area contributed by atoms with Crippen molar-refractivity contribution in [1.82, 2.24) is 10.3 Å². The van der Waals surface area contributed by atoms with Gasteiger partial charge in [-0.2, -0.15) is 0 Å². The number of nitrogens with zero attached hydrogens (tertiary/aromatic N) is 1. The molecule has 1 spiro atoms. The van der Waals surface area contributed by atoms with Gasteiger partial charge in [-0.15, -0.1) is 0 Å². The second-order valence-electron chi connectivity index (χ2n) is 11.5. The van der Waals surface area contributed by atoms with Gasteiger partial charge in [-0.1, -0.05) is 56.1 Å². The number of methoxy groups -OCH3 is 1. The van der Waals surface area contributed by atoms with Crippen LogP contribution >= 0.6 is 23.2 Å². The fourth-order valence-electron chi connectivity index (χ4n) is 6.06. The predicted octanol–water partition coefficient (Wildman–Crippen LogP) is 5.70. The van der Waals surface area contributed by atoms with Crippen molar-refractivity contribution in [1.29, 1.82) is 0 Å². The van der Waals surface area contributed by atoms with Crippen molar-refractivity contribution in [2.75, 3.05) is 17.7 Å². The SMILES string of the molecule is COC(=O)c1ccc(NC(=O)[C@@H]2N[C@@H](CC(C)(C)C)[C@@]3(C(=O)Nc4cc(Cl)ncc43)[C@H]2c2cccc(Cl)c2F)cc1. The van der Waals surface area contributed by atoms with Gasteiger partial charge in [0.25, 0.3) is 0 Å². The summed E-state index contributed by atoms with van der Waals surface area (Å²) in [6.07, 6.45) is 1.99. The Balaban J connectivity index is 1.66. The molecule has 2 aromatic carbocycles. The number of pyridine rings is 1. The van der Waals surface area contributed by atoms with Crippen molar-refractivity contribution >= 4 is 52.4 Å². The van der Waals surface area contributed by atoms with Crippen LogP contribution in [0.2, 0.25) is 10.2 Å². The van der Waals surface area contributed by atoms with Crippen LogP contribution in [0.4, 0.5) is 15.8 Å². The van der Waals surface area contributed by atoms with Gasteiger partial charge < -0.3 is 20.7 Å². The molecule has 3 heterocycles. The highest BCUT2D eigenvalue weighted by Gasteiger charge is 2.66. The zero-order valence-electron chi connectivity index (χ0n) is 22.8. The fraction of sp³-hybridized carbons (Fsp3) is 0.333. The van der Waals surface area contributed by atoms with Crippen LogP contribution in [0.25, 0.3) is 0 Å². The molecular weight excluding hydrogens is 570 g/mol. The summed E-state index contributed by atoms with van der Waals surface area (Å²) < 4.78 is 20.6. The lowest BCUT2D eigenvalue weighted by Crippen LogP contribution is -2.49. The minimum absolute atomic E-state index is 0.123. The first-order valence-electron chi connectivity index (χ1n) is 13.0. The molecule has 8 nitrogen and oxygen atoms in total. The van der Waals surface area contributed by atoms with Crippen LogP contribution in [0, 0.1) is 11.2 Å². The molecule has 3 aromatic rings. The van der Waals surface area contributed by atoms with E-state index in [9.17, 15) is 14.4 Å². The first-order valence-corrected chi connectivity index (χ1v) is 13.8. The topological polar surface area (TPSA) is 109 Å². The Morgan fingerprint density at radius 3 is 2.51 bits per heavy atom. The number of rotatable bonds is 5. The maximum atomic E-state index is 15.8. The molecular formula is C30H29Cl2FN4O4. The zero-order chi connectivity index (χ0) is 29.7. The molecule has 1 aromatic heterocycles. The normalized spacial score (nSPS) is 23.3. The van der Waals surface area contributed by atoms with Gasteiger partial charge in [0.1, 0.15) is 16.4 Å². The second kappa shape index (κ2) is 10.7. The lowest BCUT2D eigenvalue weighted by atomic mass is 9.62. The monoisotopic (exact) mass is 598 g/mol. The molecule has 5 rings (SSSR count). The van der Waals surface area contributed by atoms with Crippen molar-refractivity contribution in [3.63, 3.8) is 0 Å². The summed E-state index contributed by atoms with van der Waals surface area (Å²) in [6, 6.07) is 10.7. The average Bonchev–Trinajstić information content (AvgIpc) is 3.39. The lowest BCUT2D eigenvalue weighted by Gasteiger charge is -2.37. The molecule has 2 aliphatic rings. The fourth-order valence-corrected chi connectivity index (χ4v) is 6.40. The second-order valence-corrected chi connectivity index (χ2v) is 12.3. The van der Waals surface area contributed by atoms with Crippen molar-refractivity contribution in [2.24, 2.45) is 5.41 Å². The number of nitrogens with one attached hydrogen (secondary N) is 3. The maximum absolute atomic E-state index is 15.8. The van der Waals surface area contributed by atoms with Gasteiger partial charge in [-0.05, 0) is 53.8 Å². The average molecular weight is 599 g/mol. The molecule has 41 heavy (non-hydrogen) atoms. The number of hydrogen-bond acceptors (Lipinski definition) is 6. The summed E-state index contributed by atoms with van der Waals surface area (Å²) >= 11 is 12.4. The molecule has 1 saturated heterocycles. The third-order valence-corrected chi connectivity index (χ3v) is 8.18.